The zero-order chi connectivity index (χ0) is 20.7. The van der Waals surface area contributed by atoms with Crippen LogP contribution < -0.4 is 10.0 Å². The van der Waals surface area contributed by atoms with Gasteiger partial charge in [0.2, 0.25) is 0 Å². The van der Waals surface area contributed by atoms with Gasteiger partial charge in [-0.1, -0.05) is 60.1 Å². The summed E-state index contributed by atoms with van der Waals surface area (Å²) >= 11 is 6.20. The Bertz CT molecular complexity index is 1070. The van der Waals surface area contributed by atoms with Gasteiger partial charge in [-0.15, -0.1) is 0 Å². The molecule has 0 saturated heterocycles. The van der Waals surface area contributed by atoms with Crippen LogP contribution in [-0.4, -0.2) is 20.9 Å². The van der Waals surface area contributed by atoms with Gasteiger partial charge in [0, 0.05) is 12.1 Å². The summed E-state index contributed by atoms with van der Waals surface area (Å²) in [6, 6.07) is 22.5. The van der Waals surface area contributed by atoms with Gasteiger partial charge < -0.3 is 5.32 Å². The van der Waals surface area contributed by atoms with Crippen molar-refractivity contribution in [2.24, 2.45) is 0 Å². The van der Waals surface area contributed by atoms with Gasteiger partial charge in [0.05, 0.1) is 15.6 Å². The lowest BCUT2D eigenvalue weighted by Crippen LogP contribution is -2.24. The number of hydrogen-bond acceptors (Lipinski definition) is 3. The van der Waals surface area contributed by atoms with Crippen LogP contribution >= 0.6 is 11.6 Å². The average molecular weight is 429 g/mol. The van der Waals surface area contributed by atoms with Gasteiger partial charge in [0.1, 0.15) is 0 Å². The number of amides is 1. The second kappa shape index (κ2) is 9.58. The number of halogens is 1. The monoisotopic (exact) mass is 428 g/mol. The Kier molecular flexibility index (Phi) is 6.90. The second-order valence-electron chi connectivity index (χ2n) is 6.46. The van der Waals surface area contributed by atoms with E-state index in [1.165, 1.54) is 29.8 Å². The lowest BCUT2D eigenvalue weighted by atomic mass is 10.1. The first kappa shape index (κ1) is 20.9. The number of anilines is 1. The van der Waals surface area contributed by atoms with Crippen molar-refractivity contribution >= 4 is 33.2 Å². The van der Waals surface area contributed by atoms with Crippen molar-refractivity contribution in [1.29, 1.82) is 0 Å². The number of carbonyl (C=O) groups is 1. The first-order chi connectivity index (χ1) is 14.0. The SMILES string of the molecule is O=C(NCCCc1ccccc1)c1ccc(NS(=O)(=O)c2ccccc2)c(Cl)c1. The highest BCUT2D eigenvalue weighted by Crippen LogP contribution is 2.25. The first-order valence-electron chi connectivity index (χ1n) is 9.15. The molecule has 0 bridgehead atoms. The Balaban J connectivity index is 1.58. The molecule has 5 nitrogen and oxygen atoms in total. The lowest BCUT2D eigenvalue weighted by molar-refractivity contribution is 0.0953. The summed E-state index contributed by atoms with van der Waals surface area (Å²) < 4.78 is 27.3. The highest BCUT2D eigenvalue weighted by atomic mass is 35.5. The molecule has 1 amide bonds. The summed E-state index contributed by atoms with van der Waals surface area (Å²) in [6.45, 7) is 0.535. The van der Waals surface area contributed by atoms with Crippen LogP contribution in [0.4, 0.5) is 5.69 Å². The van der Waals surface area contributed by atoms with Crippen molar-refractivity contribution in [3.05, 3.63) is 95.0 Å². The van der Waals surface area contributed by atoms with Crippen molar-refractivity contribution in [3.63, 3.8) is 0 Å². The second-order valence-corrected chi connectivity index (χ2v) is 8.55. The maximum Gasteiger partial charge on any atom is 0.261 e. The molecule has 0 aliphatic carbocycles. The van der Waals surface area contributed by atoms with Crippen LogP contribution in [0.25, 0.3) is 0 Å². The van der Waals surface area contributed by atoms with Gasteiger partial charge in [-0.05, 0) is 48.7 Å². The Morgan fingerprint density at radius 3 is 2.21 bits per heavy atom. The van der Waals surface area contributed by atoms with E-state index in [0.717, 1.165) is 12.8 Å². The van der Waals surface area contributed by atoms with Crippen LogP contribution in [0.3, 0.4) is 0 Å². The van der Waals surface area contributed by atoms with Crippen molar-refractivity contribution in [1.82, 2.24) is 5.32 Å². The van der Waals surface area contributed by atoms with Crippen molar-refractivity contribution in [3.8, 4) is 0 Å². The van der Waals surface area contributed by atoms with E-state index in [-0.39, 0.29) is 21.5 Å². The topological polar surface area (TPSA) is 75.3 Å². The van der Waals surface area contributed by atoms with Crippen molar-refractivity contribution in [2.45, 2.75) is 17.7 Å². The number of sulfonamides is 1. The Morgan fingerprint density at radius 1 is 0.897 bits per heavy atom. The summed E-state index contributed by atoms with van der Waals surface area (Å²) in [5, 5.41) is 3.01. The Hall–Kier alpha value is -2.83. The summed E-state index contributed by atoms with van der Waals surface area (Å²) in [7, 11) is -3.75. The highest BCUT2D eigenvalue weighted by Gasteiger charge is 2.16. The van der Waals surface area contributed by atoms with Gasteiger partial charge in [0.15, 0.2) is 0 Å². The molecule has 0 fully saturated rings. The molecule has 0 aliphatic heterocycles. The third-order valence-electron chi connectivity index (χ3n) is 4.30. The third-order valence-corrected chi connectivity index (χ3v) is 5.99. The van der Waals surface area contributed by atoms with Crippen molar-refractivity contribution in [2.75, 3.05) is 11.3 Å². The molecule has 0 heterocycles. The van der Waals surface area contributed by atoms with Crippen LogP contribution in [0.2, 0.25) is 5.02 Å². The fraction of sp³-hybridized carbons (Fsp3) is 0.136. The number of rotatable bonds is 8. The predicted molar refractivity (Wildman–Crippen MR) is 116 cm³/mol. The molecule has 0 aromatic heterocycles. The number of nitrogens with one attached hydrogen (secondary N) is 2. The Labute approximate surface area is 175 Å². The number of carbonyl (C=O) groups excluding carboxylic acids is 1. The summed E-state index contributed by atoms with van der Waals surface area (Å²) in [5.41, 5.74) is 1.81. The molecule has 0 unspecified atom stereocenters. The van der Waals surface area contributed by atoms with E-state index in [0.29, 0.717) is 12.1 Å². The summed E-state index contributed by atoms with van der Waals surface area (Å²) in [5.74, 6) is -0.252. The van der Waals surface area contributed by atoms with E-state index < -0.39 is 10.0 Å². The standard InChI is InChI=1S/C22H21ClN2O3S/c23-20-16-18(22(26)24-15-7-10-17-8-3-1-4-9-17)13-14-21(20)25-29(27,28)19-11-5-2-6-12-19/h1-6,8-9,11-14,16,25H,7,10,15H2,(H,24,26). The van der Waals surface area contributed by atoms with Crippen LogP contribution in [0.15, 0.2) is 83.8 Å². The van der Waals surface area contributed by atoms with Crippen LogP contribution in [0.1, 0.15) is 22.3 Å². The van der Waals surface area contributed by atoms with E-state index in [2.05, 4.69) is 22.2 Å². The molecule has 0 atom stereocenters. The first-order valence-corrected chi connectivity index (χ1v) is 11.0. The quantitative estimate of drug-likeness (QED) is 0.518. The molecule has 3 rings (SSSR count). The number of aryl methyl sites for hydroxylation is 1. The molecule has 3 aromatic rings. The highest BCUT2D eigenvalue weighted by molar-refractivity contribution is 7.92. The molecule has 0 radical (unpaired) electrons. The number of hydrogen-bond donors (Lipinski definition) is 2. The van der Waals surface area contributed by atoms with Crippen LogP contribution in [0.5, 0.6) is 0 Å². The van der Waals surface area contributed by atoms with Crippen LogP contribution in [0, 0.1) is 0 Å². The minimum absolute atomic E-state index is 0.135. The van der Waals surface area contributed by atoms with E-state index in [4.69, 9.17) is 11.6 Å². The smallest absolute Gasteiger partial charge is 0.261 e. The number of benzene rings is 3. The molecule has 0 spiro atoms. The molecule has 150 valence electrons. The minimum Gasteiger partial charge on any atom is -0.352 e. The van der Waals surface area contributed by atoms with Gasteiger partial charge in [-0.25, -0.2) is 8.42 Å². The Morgan fingerprint density at radius 2 is 1.55 bits per heavy atom. The summed E-state index contributed by atoms with van der Waals surface area (Å²) in [4.78, 5) is 12.5. The van der Waals surface area contributed by atoms with Gasteiger partial charge in [0.25, 0.3) is 15.9 Å². The van der Waals surface area contributed by atoms with Gasteiger partial charge >= 0.3 is 0 Å². The van der Waals surface area contributed by atoms with E-state index in [1.807, 2.05) is 18.2 Å². The zero-order valence-corrected chi connectivity index (χ0v) is 17.2. The zero-order valence-electron chi connectivity index (χ0n) is 15.6. The van der Waals surface area contributed by atoms with E-state index >= 15 is 0 Å². The predicted octanol–water partition coefficient (Wildman–Crippen LogP) is 4.50. The fourth-order valence-electron chi connectivity index (χ4n) is 2.78. The van der Waals surface area contributed by atoms with Crippen molar-refractivity contribution < 1.29 is 13.2 Å². The minimum atomic E-state index is -3.75. The van der Waals surface area contributed by atoms with Gasteiger partial charge in [-0.3, -0.25) is 9.52 Å². The fourth-order valence-corrected chi connectivity index (χ4v) is 4.17. The van der Waals surface area contributed by atoms with Gasteiger partial charge in [-0.2, -0.15) is 0 Å². The molecule has 7 heteroatoms. The van der Waals surface area contributed by atoms with E-state index in [9.17, 15) is 13.2 Å². The van der Waals surface area contributed by atoms with E-state index in [1.54, 1.807) is 24.3 Å². The largest absolute Gasteiger partial charge is 0.352 e. The summed E-state index contributed by atoms with van der Waals surface area (Å²) in [6.07, 6.45) is 1.69. The molecule has 29 heavy (non-hydrogen) atoms. The molecular formula is C22H21ClN2O3S. The molecule has 0 aliphatic rings. The average Bonchev–Trinajstić information content (AvgIpc) is 2.74. The lowest BCUT2D eigenvalue weighted by Gasteiger charge is -2.11. The molecule has 2 N–H and O–H groups in total. The molecule has 0 saturated carbocycles. The maximum absolute atomic E-state index is 12.4. The third kappa shape index (κ3) is 5.82. The van der Waals surface area contributed by atoms with Crippen LogP contribution in [-0.2, 0) is 16.4 Å². The maximum atomic E-state index is 12.4. The molecular weight excluding hydrogens is 408 g/mol. The normalized spacial score (nSPS) is 11.1. The molecule has 3 aromatic carbocycles.